The number of nitrogens with zero attached hydrogens (tertiary/aromatic N) is 4. The lowest BCUT2D eigenvalue weighted by atomic mass is 10.2. The average Bonchev–Trinajstić information content (AvgIpc) is 2.85. The van der Waals surface area contributed by atoms with Crippen LogP contribution in [0.1, 0.15) is 16.2 Å². The summed E-state index contributed by atoms with van der Waals surface area (Å²) in [6.07, 6.45) is 3.14. The van der Waals surface area contributed by atoms with Gasteiger partial charge in [-0.1, -0.05) is 0 Å². The fraction of sp³-hybridized carbons (Fsp3) is 0.385. The maximum Gasteiger partial charge on any atom is 0.372 e. The average molecular weight is 326 g/mol. The van der Waals surface area contributed by atoms with Crippen LogP contribution in [-0.4, -0.2) is 50.4 Å². The van der Waals surface area contributed by atoms with E-state index in [1.54, 1.807) is 19.3 Å². The molecule has 0 saturated heterocycles. The number of carboxylic acids is 1. The van der Waals surface area contributed by atoms with Gasteiger partial charge < -0.3 is 20.1 Å². The minimum absolute atomic E-state index is 0.0723. The highest BCUT2D eigenvalue weighted by Crippen LogP contribution is 2.21. The summed E-state index contributed by atoms with van der Waals surface area (Å²) in [6, 6.07) is -0.347. The number of hydrogen-bond acceptors (Lipinski definition) is 6. The number of methoxy groups -OCH3 is 1. The maximum absolute atomic E-state index is 11.3. The number of ether oxygens (including phenoxy) is 1. The van der Waals surface area contributed by atoms with E-state index in [2.05, 4.69) is 15.0 Å². The second-order valence-corrected chi connectivity index (χ2v) is 5.13. The van der Waals surface area contributed by atoms with Gasteiger partial charge >= 0.3 is 5.97 Å². The van der Waals surface area contributed by atoms with Crippen molar-refractivity contribution in [2.75, 3.05) is 13.7 Å². The summed E-state index contributed by atoms with van der Waals surface area (Å²) in [7, 11) is 1.53. The van der Waals surface area contributed by atoms with Crippen LogP contribution in [0.3, 0.4) is 0 Å². The molecule has 2 rings (SSSR count). The third-order valence-corrected chi connectivity index (χ3v) is 3.15. The van der Waals surface area contributed by atoms with Gasteiger partial charge in [-0.2, -0.15) is 0 Å². The number of imidazole rings is 1. The lowest BCUT2D eigenvalue weighted by molar-refractivity contribution is 0.0676. The smallest absolute Gasteiger partial charge is 0.372 e. The van der Waals surface area contributed by atoms with Crippen molar-refractivity contribution in [1.82, 2.24) is 19.5 Å². The van der Waals surface area contributed by atoms with Crippen molar-refractivity contribution in [1.29, 1.82) is 0 Å². The van der Waals surface area contributed by atoms with Gasteiger partial charge in [0.1, 0.15) is 5.69 Å². The van der Waals surface area contributed by atoms with Crippen molar-refractivity contribution in [3.05, 3.63) is 29.1 Å². The van der Waals surface area contributed by atoms with E-state index in [0.29, 0.717) is 18.0 Å². The molecule has 9 heteroatoms. The Morgan fingerprint density at radius 3 is 2.91 bits per heavy atom. The Bertz CT molecular complexity index is 688. The quantitative estimate of drug-likeness (QED) is 0.760. The van der Waals surface area contributed by atoms with E-state index in [4.69, 9.17) is 22.1 Å². The van der Waals surface area contributed by atoms with Crippen LogP contribution in [0.15, 0.2) is 12.4 Å². The van der Waals surface area contributed by atoms with Crippen molar-refractivity contribution < 1.29 is 14.6 Å². The Hall–Kier alpha value is -2.03. The molecule has 8 nitrogen and oxygen atoms in total. The number of hydrogen-bond donors (Lipinski definition) is 2. The standard InChI is InChI=1S/C13H16ClN5O3/c1-7-3-16-13(14)18-10(7)9-5-19(4-8(15)6-22-2)11(17-9)12(20)21/h3,5,8H,4,6,15H2,1-2H3,(H,20,21). The van der Waals surface area contributed by atoms with Crippen molar-refractivity contribution in [2.24, 2.45) is 5.73 Å². The van der Waals surface area contributed by atoms with Gasteiger partial charge in [-0.15, -0.1) is 0 Å². The molecule has 2 heterocycles. The molecular formula is C13H16ClN5O3. The molecule has 0 aliphatic rings. The molecule has 0 fully saturated rings. The molecule has 2 aromatic heterocycles. The van der Waals surface area contributed by atoms with Gasteiger partial charge in [0, 0.05) is 32.1 Å². The van der Waals surface area contributed by atoms with Gasteiger partial charge in [-0.05, 0) is 24.1 Å². The first-order valence-corrected chi connectivity index (χ1v) is 6.84. The molecule has 0 bridgehead atoms. The second kappa shape index (κ2) is 6.82. The number of nitrogens with two attached hydrogens (primary N) is 1. The summed E-state index contributed by atoms with van der Waals surface area (Å²) >= 11 is 5.79. The Labute approximate surface area is 131 Å². The van der Waals surface area contributed by atoms with Crippen molar-refractivity contribution >= 4 is 17.6 Å². The molecule has 0 radical (unpaired) electrons. The molecule has 1 unspecified atom stereocenters. The van der Waals surface area contributed by atoms with Gasteiger partial charge in [-0.25, -0.2) is 19.7 Å². The van der Waals surface area contributed by atoms with Crippen molar-refractivity contribution in [2.45, 2.75) is 19.5 Å². The molecule has 0 aliphatic heterocycles. The van der Waals surface area contributed by atoms with E-state index in [9.17, 15) is 9.90 Å². The molecule has 118 valence electrons. The molecule has 0 amide bonds. The predicted octanol–water partition coefficient (Wildman–Crippen LogP) is 0.974. The minimum Gasteiger partial charge on any atom is -0.475 e. The third-order valence-electron chi connectivity index (χ3n) is 2.96. The number of aromatic carboxylic acids is 1. The summed E-state index contributed by atoms with van der Waals surface area (Å²) in [6.45, 7) is 2.37. The number of aromatic nitrogens is 4. The van der Waals surface area contributed by atoms with Crippen LogP contribution in [-0.2, 0) is 11.3 Å². The highest BCUT2D eigenvalue weighted by atomic mass is 35.5. The normalized spacial score (nSPS) is 12.4. The van der Waals surface area contributed by atoms with Gasteiger partial charge in [0.25, 0.3) is 0 Å². The predicted molar refractivity (Wildman–Crippen MR) is 79.8 cm³/mol. The first kappa shape index (κ1) is 16.3. The van der Waals surface area contributed by atoms with Crippen molar-refractivity contribution in [3.8, 4) is 11.4 Å². The van der Waals surface area contributed by atoms with Gasteiger partial charge in [-0.3, -0.25) is 0 Å². The van der Waals surface area contributed by atoms with Crippen LogP contribution in [0.25, 0.3) is 11.4 Å². The largest absolute Gasteiger partial charge is 0.475 e. The van der Waals surface area contributed by atoms with Gasteiger partial charge in [0.05, 0.1) is 12.3 Å². The summed E-state index contributed by atoms with van der Waals surface area (Å²) in [5.74, 6) is -1.26. The van der Waals surface area contributed by atoms with E-state index in [1.807, 2.05) is 0 Å². The van der Waals surface area contributed by atoms with Crippen LogP contribution < -0.4 is 5.73 Å². The summed E-state index contributed by atoms with van der Waals surface area (Å²) in [5.41, 5.74) is 7.51. The Balaban J connectivity index is 2.42. The van der Waals surface area contributed by atoms with E-state index in [-0.39, 0.29) is 23.7 Å². The van der Waals surface area contributed by atoms with Crippen LogP contribution >= 0.6 is 11.6 Å². The molecule has 0 aromatic carbocycles. The minimum atomic E-state index is -1.14. The van der Waals surface area contributed by atoms with Crippen molar-refractivity contribution in [3.63, 3.8) is 0 Å². The second-order valence-electron chi connectivity index (χ2n) is 4.79. The van der Waals surface area contributed by atoms with E-state index >= 15 is 0 Å². The number of carboxylic acid groups (broad SMARTS) is 1. The highest BCUT2D eigenvalue weighted by molar-refractivity contribution is 6.28. The zero-order chi connectivity index (χ0) is 16.3. The van der Waals surface area contributed by atoms with Gasteiger partial charge in [0.2, 0.25) is 11.1 Å². The molecule has 0 aliphatic carbocycles. The van der Waals surface area contributed by atoms with E-state index < -0.39 is 5.97 Å². The first-order valence-electron chi connectivity index (χ1n) is 6.47. The summed E-state index contributed by atoms with van der Waals surface area (Å²) < 4.78 is 6.43. The monoisotopic (exact) mass is 325 g/mol. The number of carbonyl (C=O) groups is 1. The SMILES string of the molecule is COCC(N)Cn1cc(-c2nc(Cl)ncc2C)nc1C(=O)O. The number of aryl methyl sites for hydroxylation is 1. The van der Waals surface area contributed by atoms with Crippen LogP contribution in [0.5, 0.6) is 0 Å². The van der Waals surface area contributed by atoms with Crippen LogP contribution in [0, 0.1) is 6.92 Å². The van der Waals surface area contributed by atoms with Crippen LogP contribution in [0.4, 0.5) is 0 Å². The first-order chi connectivity index (χ1) is 10.4. The molecule has 1 atom stereocenters. The molecule has 22 heavy (non-hydrogen) atoms. The lowest BCUT2D eigenvalue weighted by Crippen LogP contribution is -2.31. The topological polar surface area (TPSA) is 116 Å². The Morgan fingerprint density at radius 2 is 2.27 bits per heavy atom. The number of halogens is 1. The third kappa shape index (κ3) is 3.59. The molecule has 3 N–H and O–H groups in total. The number of rotatable bonds is 6. The zero-order valence-corrected chi connectivity index (χ0v) is 12.9. The Kier molecular flexibility index (Phi) is 5.07. The van der Waals surface area contributed by atoms with E-state index in [0.717, 1.165) is 5.56 Å². The maximum atomic E-state index is 11.3. The Morgan fingerprint density at radius 1 is 1.55 bits per heavy atom. The summed E-state index contributed by atoms with van der Waals surface area (Å²) in [5, 5.41) is 9.35. The summed E-state index contributed by atoms with van der Waals surface area (Å²) in [4.78, 5) is 23.4. The highest BCUT2D eigenvalue weighted by Gasteiger charge is 2.19. The fourth-order valence-electron chi connectivity index (χ4n) is 2.04. The van der Waals surface area contributed by atoms with E-state index in [1.165, 1.54) is 11.7 Å². The zero-order valence-electron chi connectivity index (χ0n) is 12.2. The molecule has 0 saturated carbocycles. The van der Waals surface area contributed by atoms with Gasteiger partial charge in [0.15, 0.2) is 0 Å². The molecule has 2 aromatic rings. The molecular weight excluding hydrogens is 310 g/mol. The lowest BCUT2D eigenvalue weighted by Gasteiger charge is -2.11. The van der Waals surface area contributed by atoms with Crippen LogP contribution in [0.2, 0.25) is 5.28 Å². The molecule has 0 spiro atoms. The fourth-order valence-corrected chi connectivity index (χ4v) is 2.17.